The maximum atomic E-state index is 12.7. The second kappa shape index (κ2) is 5.86. The first-order valence-electron chi connectivity index (χ1n) is 7.76. The summed E-state index contributed by atoms with van der Waals surface area (Å²) < 4.78 is 8.09. The third-order valence-corrected chi connectivity index (χ3v) is 4.93. The first kappa shape index (κ1) is 15.6. The zero-order chi connectivity index (χ0) is 17.6. The monoisotopic (exact) mass is 352 g/mol. The van der Waals surface area contributed by atoms with E-state index in [4.69, 9.17) is 4.74 Å². The Morgan fingerprint density at radius 3 is 2.84 bits per heavy atom. The summed E-state index contributed by atoms with van der Waals surface area (Å²) in [5.74, 6) is 0.550. The van der Waals surface area contributed by atoms with Crippen LogP contribution in [-0.4, -0.2) is 27.4 Å². The number of hydrogen-bond acceptors (Lipinski definition) is 5. The van der Waals surface area contributed by atoms with Gasteiger partial charge in [-0.1, -0.05) is 11.3 Å². The first-order valence-corrected chi connectivity index (χ1v) is 8.58. The summed E-state index contributed by atoms with van der Waals surface area (Å²) in [5.41, 5.74) is 3.92. The molecular weight excluding hydrogens is 336 g/mol. The third-order valence-electron chi connectivity index (χ3n) is 4.00. The van der Waals surface area contributed by atoms with Crippen LogP contribution in [0.3, 0.4) is 0 Å². The van der Waals surface area contributed by atoms with Crippen LogP contribution in [-0.2, 0) is 0 Å². The summed E-state index contributed by atoms with van der Waals surface area (Å²) >= 11 is 1.41. The number of ether oxygens (including phenoxy) is 1. The summed E-state index contributed by atoms with van der Waals surface area (Å²) in [6.45, 7) is 3.91. The highest BCUT2D eigenvalue weighted by atomic mass is 32.1. The molecule has 0 bridgehead atoms. The van der Waals surface area contributed by atoms with Crippen LogP contribution in [0.15, 0.2) is 36.5 Å². The number of amides is 1. The van der Waals surface area contributed by atoms with Gasteiger partial charge in [0.2, 0.25) is 0 Å². The van der Waals surface area contributed by atoms with Crippen LogP contribution >= 0.6 is 11.3 Å². The summed E-state index contributed by atoms with van der Waals surface area (Å²) in [4.78, 5) is 21.6. The van der Waals surface area contributed by atoms with Crippen LogP contribution < -0.4 is 10.1 Å². The molecule has 4 rings (SSSR count). The molecule has 7 heteroatoms. The molecule has 126 valence electrons. The van der Waals surface area contributed by atoms with Crippen molar-refractivity contribution in [2.75, 3.05) is 12.4 Å². The van der Waals surface area contributed by atoms with Gasteiger partial charge in [-0.15, -0.1) is 0 Å². The zero-order valence-electron chi connectivity index (χ0n) is 14.0. The lowest BCUT2D eigenvalue weighted by atomic mass is 10.3. The largest absolute Gasteiger partial charge is 0.497 e. The van der Waals surface area contributed by atoms with E-state index in [0.29, 0.717) is 16.3 Å². The third kappa shape index (κ3) is 2.72. The normalized spacial score (nSPS) is 11.2. The molecule has 0 spiro atoms. The number of thiazole rings is 1. The Morgan fingerprint density at radius 1 is 1.20 bits per heavy atom. The van der Waals surface area contributed by atoms with E-state index in [1.807, 2.05) is 48.7 Å². The van der Waals surface area contributed by atoms with Gasteiger partial charge in [0.15, 0.2) is 5.13 Å². The van der Waals surface area contributed by atoms with Crippen LogP contribution in [0.1, 0.15) is 21.7 Å². The number of aromatic nitrogens is 3. The van der Waals surface area contributed by atoms with Crippen molar-refractivity contribution in [1.82, 2.24) is 14.4 Å². The van der Waals surface area contributed by atoms with E-state index in [1.165, 1.54) is 11.3 Å². The smallest absolute Gasteiger partial charge is 0.261 e. The van der Waals surface area contributed by atoms with Gasteiger partial charge in [-0.25, -0.2) is 9.97 Å². The van der Waals surface area contributed by atoms with Gasteiger partial charge in [0.05, 0.1) is 22.9 Å². The molecule has 1 N–H and O–H groups in total. The Balaban J connectivity index is 1.68. The second-order valence-corrected chi connectivity index (χ2v) is 6.80. The predicted molar refractivity (Wildman–Crippen MR) is 98.8 cm³/mol. The molecule has 3 heterocycles. The molecule has 0 saturated carbocycles. The molecule has 25 heavy (non-hydrogen) atoms. The molecule has 0 unspecified atom stereocenters. The van der Waals surface area contributed by atoms with Gasteiger partial charge in [-0.3, -0.25) is 10.1 Å². The van der Waals surface area contributed by atoms with Gasteiger partial charge in [-0.2, -0.15) is 0 Å². The van der Waals surface area contributed by atoms with Gasteiger partial charge < -0.3 is 9.14 Å². The lowest BCUT2D eigenvalue weighted by Gasteiger charge is -2.04. The standard InChI is InChI=1S/C18H16N4O2S/c1-10-8-11(2)22-7-6-13(16(22)19-10)17(23)21-18-20-14-5-4-12(24-3)9-15(14)25-18/h4-9H,1-3H3,(H,20,21,23). The summed E-state index contributed by atoms with van der Waals surface area (Å²) in [5, 5.41) is 3.43. The number of rotatable bonds is 3. The summed E-state index contributed by atoms with van der Waals surface area (Å²) in [7, 11) is 1.63. The highest BCUT2D eigenvalue weighted by Crippen LogP contribution is 2.29. The van der Waals surface area contributed by atoms with Crippen molar-refractivity contribution in [2.45, 2.75) is 13.8 Å². The van der Waals surface area contributed by atoms with Gasteiger partial charge in [-0.05, 0) is 44.2 Å². The fraction of sp³-hybridized carbons (Fsp3) is 0.167. The minimum atomic E-state index is -0.217. The van der Waals surface area contributed by atoms with Crippen molar-refractivity contribution in [1.29, 1.82) is 0 Å². The number of benzene rings is 1. The maximum Gasteiger partial charge on any atom is 0.261 e. The molecule has 4 aromatic rings. The van der Waals surface area contributed by atoms with Crippen LogP contribution in [0.2, 0.25) is 0 Å². The van der Waals surface area contributed by atoms with Crippen LogP contribution in [0, 0.1) is 13.8 Å². The van der Waals surface area contributed by atoms with Crippen molar-refractivity contribution >= 4 is 38.2 Å². The first-order chi connectivity index (χ1) is 12.0. The lowest BCUT2D eigenvalue weighted by Crippen LogP contribution is -2.12. The Labute approximate surface area is 148 Å². The summed E-state index contributed by atoms with van der Waals surface area (Å²) in [6.07, 6.45) is 1.86. The Morgan fingerprint density at radius 2 is 2.04 bits per heavy atom. The number of nitrogens with zero attached hydrogens (tertiary/aromatic N) is 3. The van der Waals surface area contributed by atoms with E-state index in [2.05, 4.69) is 15.3 Å². The molecule has 0 aliphatic carbocycles. The van der Waals surface area contributed by atoms with E-state index in [-0.39, 0.29) is 5.91 Å². The lowest BCUT2D eigenvalue weighted by molar-refractivity contribution is 0.102. The van der Waals surface area contributed by atoms with Crippen LogP contribution in [0.25, 0.3) is 15.9 Å². The number of methoxy groups -OCH3 is 1. The Bertz CT molecular complexity index is 1110. The Kier molecular flexibility index (Phi) is 3.65. The molecule has 0 fully saturated rings. The van der Waals surface area contributed by atoms with Crippen molar-refractivity contribution < 1.29 is 9.53 Å². The summed E-state index contributed by atoms with van der Waals surface area (Å²) in [6, 6.07) is 9.40. The number of carbonyl (C=O) groups is 1. The number of carbonyl (C=O) groups excluding carboxylic acids is 1. The number of hydrogen-bond donors (Lipinski definition) is 1. The fourth-order valence-corrected chi connectivity index (χ4v) is 3.71. The minimum Gasteiger partial charge on any atom is -0.497 e. The van der Waals surface area contributed by atoms with E-state index >= 15 is 0 Å². The second-order valence-electron chi connectivity index (χ2n) is 5.77. The van der Waals surface area contributed by atoms with E-state index in [9.17, 15) is 4.79 Å². The number of fused-ring (bicyclic) bond motifs is 2. The molecule has 6 nitrogen and oxygen atoms in total. The van der Waals surface area contributed by atoms with Crippen molar-refractivity contribution in [3.05, 3.63) is 53.5 Å². The highest BCUT2D eigenvalue weighted by molar-refractivity contribution is 7.22. The van der Waals surface area contributed by atoms with E-state index in [0.717, 1.165) is 27.4 Å². The SMILES string of the molecule is COc1ccc2nc(NC(=O)c3ccn4c(C)cc(C)nc34)sc2c1. The van der Waals surface area contributed by atoms with E-state index in [1.54, 1.807) is 13.2 Å². The van der Waals surface area contributed by atoms with Crippen LogP contribution in [0.5, 0.6) is 5.75 Å². The average molecular weight is 352 g/mol. The molecule has 0 saturated heterocycles. The topological polar surface area (TPSA) is 68.5 Å². The highest BCUT2D eigenvalue weighted by Gasteiger charge is 2.16. The van der Waals surface area contributed by atoms with Crippen molar-refractivity contribution in [3.63, 3.8) is 0 Å². The molecular formula is C18H16N4O2S. The van der Waals surface area contributed by atoms with Crippen molar-refractivity contribution in [3.8, 4) is 5.75 Å². The zero-order valence-corrected chi connectivity index (χ0v) is 14.8. The van der Waals surface area contributed by atoms with Gasteiger partial charge in [0.25, 0.3) is 5.91 Å². The maximum absolute atomic E-state index is 12.7. The number of anilines is 1. The molecule has 1 amide bonds. The van der Waals surface area contributed by atoms with E-state index < -0.39 is 0 Å². The predicted octanol–water partition coefficient (Wildman–Crippen LogP) is 3.82. The number of nitrogens with one attached hydrogen (secondary N) is 1. The molecule has 0 atom stereocenters. The van der Waals surface area contributed by atoms with Crippen molar-refractivity contribution in [2.24, 2.45) is 0 Å². The molecule has 1 aromatic carbocycles. The van der Waals surface area contributed by atoms with Gasteiger partial charge in [0.1, 0.15) is 11.4 Å². The number of aryl methyl sites for hydroxylation is 2. The van der Waals surface area contributed by atoms with Gasteiger partial charge in [0, 0.05) is 17.6 Å². The molecule has 0 radical (unpaired) electrons. The minimum absolute atomic E-state index is 0.217. The average Bonchev–Trinajstić information content (AvgIpc) is 3.17. The molecule has 0 aliphatic rings. The quantitative estimate of drug-likeness (QED) is 0.608. The fourth-order valence-electron chi connectivity index (χ4n) is 2.82. The van der Waals surface area contributed by atoms with Gasteiger partial charge >= 0.3 is 0 Å². The molecule has 0 aliphatic heterocycles. The Hall–Kier alpha value is -2.93. The molecule has 3 aromatic heterocycles. The van der Waals surface area contributed by atoms with Crippen LogP contribution in [0.4, 0.5) is 5.13 Å².